The maximum atomic E-state index is 12.8. The van der Waals surface area contributed by atoms with Crippen molar-refractivity contribution in [3.8, 4) is 11.8 Å². The summed E-state index contributed by atoms with van der Waals surface area (Å²) in [5, 5.41) is 13.5. The van der Waals surface area contributed by atoms with E-state index in [-0.39, 0.29) is 5.91 Å². The number of ether oxygens (including phenoxy) is 1. The monoisotopic (exact) mass is 452 g/mol. The van der Waals surface area contributed by atoms with Gasteiger partial charge in [-0.3, -0.25) is 14.6 Å². The van der Waals surface area contributed by atoms with Gasteiger partial charge in [-0.1, -0.05) is 25.0 Å². The maximum Gasteiger partial charge on any atom is 0.239 e. The fourth-order valence-corrected chi connectivity index (χ4v) is 5.89. The first kappa shape index (κ1) is 22.8. The van der Waals surface area contributed by atoms with Crippen LogP contribution in [0.15, 0.2) is 24.3 Å². The smallest absolute Gasteiger partial charge is 0.239 e. The number of rotatable bonds is 6. The van der Waals surface area contributed by atoms with E-state index in [1.165, 1.54) is 35.3 Å². The molecule has 1 amide bonds. The number of aryl methyl sites for hydroxylation is 1. The van der Waals surface area contributed by atoms with E-state index < -0.39 is 0 Å². The largest absolute Gasteiger partial charge is 0.497 e. The van der Waals surface area contributed by atoms with Crippen molar-refractivity contribution in [1.29, 1.82) is 5.26 Å². The number of hydrogen-bond acceptors (Lipinski definition) is 6. The van der Waals surface area contributed by atoms with E-state index in [9.17, 15) is 10.1 Å². The Balaban J connectivity index is 1.29. The summed E-state index contributed by atoms with van der Waals surface area (Å²) in [4.78, 5) is 18.7. The van der Waals surface area contributed by atoms with Crippen LogP contribution in [0.2, 0.25) is 0 Å². The number of carbonyl (C=O) groups is 1. The molecular formula is C25H32N4O2S. The molecule has 1 fully saturated rings. The van der Waals surface area contributed by atoms with Crippen molar-refractivity contribution in [2.45, 2.75) is 45.1 Å². The summed E-state index contributed by atoms with van der Waals surface area (Å²) in [6, 6.07) is 10.6. The lowest BCUT2D eigenvalue weighted by Gasteiger charge is -2.34. The third kappa shape index (κ3) is 5.69. The molecule has 0 bridgehead atoms. The first-order chi connectivity index (χ1) is 15.7. The zero-order chi connectivity index (χ0) is 22.3. The van der Waals surface area contributed by atoms with Crippen LogP contribution in [0.1, 0.15) is 47.3 Å². The van der Waals surface area contributed by atoms with Gasteiger partial charge in [0.05, 0.1) is 19.2 Å². The molecule has 1 N–H and O–H groups in total. The molecule has 1 saturated heterocycles. The Bertz CT molecular complexity index is 973. The van der Waals surface area contributed by atoms with Gasteiger partial charge in [0.15, 0.2) is 0 Å². The van der Waals surface area contributed by atoms with Crippen molar-refractivity contribution < 1.29 is 9.53 Å². The molecule has 7 heteroatoms. The van der Waals surface area contributed by atoms with E-state index in [1.54, 1.807) is 18.4 Å². The number of hydrogen-bond donors (Lipinski definition) is 1. The summed E-state index contributed by atoms with van der Waals surface area (Å²) in [7, 11) is 1.69. The van der Waals surface area contributed by atoms with Crippen LogP contribution in [0.4, 0.5) is 5.00 Å². The second kappa shape index (κ2) is 11.0. The molecule has 32 heavy (non-hydrogen) atoms. The predicted molar refractivity (Wildman–Crippen MR) is 128 cm³/mol. The second-order valence-electron chi connectivity index (χ2n) is 8.69. The second-order valence-corrected chi connectivity index (χ2v) is 9.79. The molecule has 0 atom stereocenters. The Labute approximate surface area is 194 Å². The van der Waals surface area contributed by atoms with Crippen molar-refractivity contribution in [3.63, 3.8) is 0 Å². The Morgan fingerprint density at radius 1 is 1.12 bits per heavy atom. The molecule has 1 aliphatic heterocycles. The average Bonchev–Trinajstić information content (AvgIpc) is 3.10. The van der Waals surface area contributed by atoms with Crippen LogP contribution in [-0.2, 0) is 24.2 Å². The molecule has 1 aromatic carbocycles. The summed E-state index contributed by atoms with van der Waals surface area (Å²) >= 11 is 1.61. The average molecular weight is 453 g/mol. The molecule has 1 aromatic heterocycles. The van der Waals surface area contributed by atoms with Gasteiger partial charge >= 0.3 is 0 Å². The maximum absolute atomic E-state index is 12.8. The van der Waals surface area contributed by atoms with E-state index in [0.717, 1.165) is 62.7 Å². The molecule has 2 heterocycles. The Morgan fingerprint density at radius 3 is 2.62 bits per heavy atom. The van der Waals surface area contributed by atoms with Crippen molar-refractivity contribution in [2.24, 2.45) is 0 Å². The third-order valence-electron chi connectivity index (χ3n) is 6.41. The molecular weight excluding hydrogens is 420 g/mol. The first-order valence-corrected chi connectivity index (χ1v) is 12.4. The fraction of sp³-hybridized carbons (Fsp3) is 0.520. The van der Waals surface area contributed by atoms with E-state index in [0.29, 0.717) is 12.1 Å². The minimum Gasteiger partial charge on any atom is -0.497 e. The summed E-state index contributed by atoms with van der Waals surface area (Å²) in [6.07, 6.45) is 6.77. The summed E-state index contributed by atoms with van der Waals surface area (Å²) in [5.41, 5.74) is 3.12. The van der Waals surface area contributed by atoms with Gasteiger partial charge in [0.2, 0.25) is 5.91 Å². The number of piperazine rings is 1. The zero-order valence-corrected chi connectivity index (χ0v) is 19.7. The van der Waals surface area contributed by atoms with Crippen molar-refractivity contribution in [1.82, 2.24) is 9.80 Å². The van der Waals surface area contributed by atoms with Gasteiger partial charge in [-0.2, -0.15) is 5.26 Å². The first-order valence-electron chi connectivity index (χ1n) is 11.6. The summed E-state index contributed by atoms with van der Waals surface area (Å²) in [5.74, 6) is 0.869. The van der Waals surface area contributed by atoms with Gasteiger partial charge in [-0.05, 0) is 48.9 Å². The highest BCUT2D eigenvalue weighted by Gasteiger charge is 2.23. The molecule has 2 aromatic rings. The van der Waals surface area contributed by atoms with Gasteiger partial charge in [0.1, 0.15) is 16.8 Å². The van der Waals surface area contributed by atoms with Gasteiger partial charge in [0, 0.05) is 37.6 Å². The van der Waals surface area contributed by atoms with Gasteiger partial charge < -0.3 is 10.1 Å². The molecule has 0 radical (unpaired) electrons. The van der Waals surface area contributed by atoms with Crippen LogP contribution in [0.5, 0.6) is 5.75 Å². The number of carbonyl (C=O) groups excluding carboxylic acids is 1. The molecule has 0 unspecified atom stereocenters. The molecule has 0 saturated carbocycles. The lowest BCUT2D eigenvalue weighted by molar-refractivity contribution is -0.117. The lowest BCUT2D eigenvalue weighted by Crippen LogP contribution is -2.48. The quantitative estimate of drug-likeness (QED) is 0.716. The van der Waals surface area contributed by atoms with Crippen LogP contribution in [0.3, 0.4) is 0 Å². The molecule has 6 nitrogen and oxygen atoms in total. The molecule has 0 spiro atoms. The minimum atomic E-state index is -0.0167. The Hall–Kier alpha value is -2.40. The Kier molecular flexibility index (Phi) is 7.80. The van der Waals surface area contributed by atoms with Gasteiger partial charge in [-0.15, -0.1) is 11.3 Å². The number of thiophene rings is 1. The topological polar surface area (TPSA) is 68.6 Å². The van der Waals surface area contributed by atoms with Crippen LogP contribution in [0.25, 0.3) is 0 Å². The van der Waals surface area contributed by atoms with E-state index >= 15 is 0 Å². The molecule has 1 aliphatic carbocycles. The Morgan fingerprint density at radius 2 is 1.88 bits per heavy atom. The van der Waals surface area contributed by atoms with Crippen molar-refractivity contribution in [3.05, 3.63) is 45.8 Å². The highest BCUT2D eigenvalue weighted by Crippen LogP contribution is 2.36. The molecule has 2 aliphatic rings. The van der Waals surface area contributed by atoms with Crippen LogP contribution in [-0.4, -0.2) is 55.5 Å². The van der Waals surface area contributed by atoms with E-state index in [4.69, 9.17) is 4.74 Å². The number of nitrogens with zero attached hydrogens (tertiary/aromatic N) is 3. The highest BCUT2D eigenvalue weighted by molar-refractivity contribution is 7.16. The van der Waals surface area contributed by atoms with Crippen molar-refractivity contribution >= 4 is 22.2 Å². The number of benzene rings is 1. The predicted octanol–water partition coefficient (Wildman–Crippen LogP) is 4.04. The molecule has 170 valence electrons. The van der Waals surface area contributed by atoms with Crippen LogP contribution in [0, 0.1) is 11.3 Å². The van der Waals surface area contributed by atoms with Crippen molar-refractivity contribution in [2.75, 3.05) is 45.2 Å². The normalized spacial score (nSPS) is 17.6. The minimum absolute atomic E-state index is 0.0167. The SMILES string of the molecule is COc1cccc(CN2CCN(CC(=O)Nc3sc4c(c3C#N)CCCCCC4)CC2)c1. The lowest BCUT2D eigenvalue weighted by atomic mass is 9.97. The molecule has 4 rings (SSSR count). The van der Waals surface area contributed by atoms with Gasteiger partial charge in [-0.25, -0.2) is 0 Å². The number of amides is 1. The highest BCUT2D eigenvalue weighted by atomic mass is 32.1. The number of nitrogens with one attached hydrogen (secondary N) is 1. The third-order valence-corrected chi connectivity index (χ3v) is 7.62. The van der Waals surface area contributed by atoms with E-state index in [1.807, 2.05) is 12.1 Å². The number of fused-ring (bicyclic) bond motifs is 1. The number of nitriles is 1. The number of anilines is 1. The zero-order valence-electron chi connectivity index (χ0n) is 18.9. The summed E-state index contributed by atoms with van der Waals surface area (Å²) < 4.78 is 5.32. The standard InChI is InChI=1S/C25H32N4O2S/c1-31-20-8-6-7-19(15-20)17-28-11-13-29(14-12-28)18-24(30)27-25-22(16-26)21-9-4-2-3-5-10-23(21)32-25/h6-8,15H,2-5,9-14,17-18H2,1H3,(H,27,30). The van der Waals surface area contributed by atoms with E-state index in [2.05, 4.69) is 33.3 Å². The summed E-state index contributed by atoms with van der Waals surface area (Å²) in [6.45, 7) is 4.86. The van der Waals surface area contributed by atoms with Gasteiger partial charge in [0.25, 0.3) is 0 Å². The van der Waals surface area contributed by atoms with Crippen LogP contribution >= 0.6 is 11.3 Å². The fourth-order valence-electron chi connectivity index (χ4n) is 4.63. The number of methoxy groups -OCH3 is 1. The van der Waals surface area contributed by atoms with Crippen LogP contribution < -0.4 is 10.1 Å².